The molecule has 1 N–H and O–H groups in total. The summed E-state index contributed by atoms with van der Waals surface area (Å²) in [4.78, 5) is 0. The molecule has 0 radical (unpaired) electrons. The van der Waals surface area contributed by atoms with Gasteiger partial charge in [-0.2, -0.15) is 0 Å². The van der Waals surface area contributed by atoms with Crippen molar-refractivity contribution in [2.45, 2.75) is 19.6 Å². The first-order chi connectivity index (χ1) is 10.0. The predicted octanol–water partition coefficient (Wildman–Crippen LogP) is 4.63. The molecule has 0 saturated heterocycles. The van der Waals surface area contributed by atoms with Crippen LogP contribution >= 0.6 is 23.2 Å². The number of benzene rings is 2. The first-order valence-corrected chi connectivity index (χ1v) is 7.19. The van der Waals surface area contributed by atoms with Gasteiger partial charge in [0.05, 0.1) is 13.2 Å². The molecule has 0 bridgehead atoms. The van der Waals surface area contributed by atoms with Gasteiger partial charge in [-0.3, -0.25) is 0 Å². The standard InChI is InChI=1S/C16H16Cl2O3/c1-10(19)11-4-6-15(16(7-11)20-2)21-9-12-3-5-13(17)8-14(12)18/h3-8,10,19H,9H2,1-2H3/t10-/m0/s1. The second-order valence-corrected chi connectivity index (χ2v) is 5.45. The molecule has 0 fully saturated rings. The molecule has 0 saturated carbocycles. The topological polar surface area (TPSA) is 38.7 Å². The average molecular weight is 327 g/mol. The molecular weight excluding hydrogens is 311 g/mol. The summed E-state index contributed by atoms with van der Waals surface area (Å²) in [6, 6.07) is 10.6. The number of aliphatic hydroxyl groups is 1. The van der Waals surface area contributed by atoms with Crippen LogP contribution < -0.4 is 9.47 Å². The number of rotatable bonds is 5. The lowest BCUT2D eigenvalue weighted by Crippen LogP contribution is -2.00. The number of ether oxygens (including phenoxy) is 2. The molecular formula is C16H16Cl2O3. The molecule has 0 aliphatic carbocycles. The van der Waals surface area contributed by atoms with Crippen molar-refractivity contribution < 1.29 is 14.6 Å². The van der Waals surface area contributed by atoms with Crippen molar-refractivity contribution in [3.05, 3.63) is 57.6 Å². The van der Waals surface area contributed by atoms with Gasteiger partial charge in [-0.1, -0.05) is 35.3 Å². The molecule has 112 valence electrons. The Labute approximate surface area is 134 Å². The van der Waals surface area contributed by atoms with Gasteiger partial charge >= 0.3 is 0 Å². The van der Waals surface area contributed by atoms with Crippen molar-refractivity contribution in [3.8, 4) is 11.5 Å². The third-order valence-corrected chi connectivity index (χ3v) is 3.66. The van der Waals surface area contributed by atoms with Crippen LogP contribution in [0.15, 0.2) is 36.4 Å². The monoisotopic (exact) mass is 326 g/mol. The molecule has 0 amide bonds. The fraction of sp³-hybridized carbons (Fsp3) is 0.250. The van der Waals surface area contributed by atoms with Crippen LogP contribution in [0.4, 0.5) is 0 Å². The molecule has 0 spiro atoms. The van der Waals surface area contributed by atoms with E-state index >= 15 is 0 Å². The minimum Gasteiger partial charge on any atom is -0.493 e. The Morgan fingerprint density at radius 2 is 1.86 bits per heavy atom. The molecule has 21 heavy (non-hydrogen) atoms. The van der Waals surface area contributed by atoms with E-state index in [0.29, 0.717) is 28.2 Å². The van der Waals surface area contributed by atoms with Crippen LogP contribution in [0.1, 0.15) is 24.2 Å². The fourth-order valence-corrected chi connectivity index (χ4v) is 2.32. The molecule has 2 aromatic carbocycles. The van der Waals surface area contributed by atoms with Gasteiger partial charge in [0, 0.05) is 15.6 Å². The van der Waals surface area contributed by atoms with E-state index in [1.54, 1.807) is 44.4 Å². The quantitative estimate of drug-likeness (QED) is 0.870. The zero-order valence-corrected chi connectivity index (χ0v) is 13.3. The van der Waals surface area contributed by atoms with Crippen molar-refractivity contribution in [2.75, 3.05) is 7.11 Å². The zero-order chi connectivity index (χ0) is 15.4. The normalized spacial score (nSPS) is 12.0. The van der Waals surface area contributed by atoms with Gasteiger partial charge in [-0.25, -0.2) is 0 Å². The van der Waals surface area contributed by atoms with E-state index in [1.165, 1.54) is 0 Å². The number of hydrogen-bond acceptors (Lipinski definition) is 3. The van der Waals surface area contributed by atoms with Crippen molar-refractivity contribution in [1.29, 1.82) is 0 Å². The second-order valence-electron chi connectivity index (χ2n) is 4.61. The third-order valence-electron chi connectivity index (χ3n) is 3.07. The van der Waals surface area contributed by atoms with Crippen molar-refractivity contribution in [2.24, 2.45) is 0 Å². The molecule has 5 heteroatoms. The minimum atomic E-state index is -0.557. The molecule has 0 unspecified atom stereocenters. The van der Waals surface area contributed by atoms with Crippen LogP contribution in [0, 0.1) is 0 Å². The van der Waals surface area contributed by atoms with Gasteiger partial charge in [0.1, 0.15) is 6.61 Å². The van der Waals surface area contributed by atoms with Gasteiger partial charge in [-0.15, -0.1) is 0 Å². The Morgan fingerprint density at radius 3 is 2.48 bits per heavy atom. The van der Waals surface area contributed by atoms with E-state index in [4.69, 9.17) is 32.7 Å². The molecule has 2 rings (SSSR count). The third kappa shape index (κ3) is 4.03. The summed E-state index contributed by atoms with van der Waals surface area (Å²) in [5.41, 5.74) is 1.60. The highest BCUT2D eigenvalue weighted by atomic mass is 35.5. The lowest BCUT2D eigenvalue weighted by molar-refractivity contribution is 0.198. The number of hydrogen-bond donors (Lipinski definition) is 1. The minimum absolute atomic E-state index is 0.306. The van der Waals surface area contributed by atoms with Crippen LogP contribution in [-0.2, 0) is 6.61 Å². The summed E-state index contributed by atoms with van der Waals surface area (Å²) in [6.07, 6.45) is -0.557. The molecule has 1 atom stereocenters. The van der Waals surface area contributed by atoms with Crippen LogP contribution in [0.3, 0.4) is 0 Å². The highest BCUT2D eigenvalue weighted by Gasteiger charge is 2.10. The van der Waals surface area contributed by atoms with Gasteiger partial charge in [-0.05, 0) is 36.8 Å². The summed E-state index contributed by atoms with van der Waals surface area (Å²) in [5.74, 6) is 1.16. The molecule has 0 aliphatic rings. The molecule has 0 aromatic heterocycles. The largest absolute Gasteiger partial charge is 0.493 e. The maximum Gasteiger partial charge on any atom is 0.161 e. The van der Waals surface area contributed by atoms with Crippen LogP contribution in [0.5, 0.6) is 11.5 Å². The van der Waals surface area contributed by atoms with Crippen molar-refractivity contribution in [1.82, 2.24) is 0 Å². The summed E-state index contributed by atoms with van der Waals surface area (Å²) < 4.78 is 11.0. The van der Waals surface area contributed by atoms with E-state index in [1.807, 2.05) is 6.07 Å². The Hall–Kier alpha value is -1.42. The van der Waals surface area contributed by atoms with Crippen LogP contribution in [-0.4, -0.2) is 12.2 Å². The summed E-state index contributed by atoms with van der Waals surface area (Å²) >= 11 is 12.0. The lowest BCUT2D eigenvalue weighted by atomic mass is 10.1. The summed E-state index contributed by atoms with van der Waals surface area (Å²) in [5, 5.41) is 10.7. The van der Waals surface area contributed by atoms with E-state index < -0.39 is 6.10 Å². The number of methoxy groups -OCH3 is 1. The molecule has 2 aromatic rings. The molecule has 3 nitrogen and oxygen atoms in total. The SMILES string of the molecule is COc1cc([C@H](C)O)ccc1OCc1ccc(Cl)cc1Cl. The highest BCUT2D eigenvalue weighted by molar-refractivity contribution is 6.35. The maximum atomic E-state index is 9.58. The highest BCUT2D eigenvalue weighted by Crippen LogP contribution is 2.31. The Kier molecular flexibility index (Phi) is 5.34. The van der Waals surface area contributed by atoms with Gasteiger partial charge in [0.25, 0.3) is 0 Å². The van der Waals surface area contributed by atoms with Gasteiger partial charge < -0.3 is 14.6 Å². The van der Waals surface area contributed by atoms with Crippen molar-refractivity contribution in [3.63, 3.8) is 0 Å². The number of aliphatic hydroxyl groups excluding tert-OH is 1. The second kappa shape index (κ2) is 7.03. The predicted molar refractivity (Wildman–Crippen MR) is 84.4 cm³/mol. The smallest absolute Gasteiger partial charge is 0.161 e. The van der Waals surface area contributed by atoms with Gasteiger partial charge in [0.15, 0.2) is 11.5 Å². The van der Waals surface area contributed by atoms with Gasteiger partial charge in [0.2, 0.25) is 0 Å². The van der Waals surface area contributed by atoms with E-state index in [0.717, 1.165) is 11.1 Å². The van der Waals surface area contributed by atoms with E-state index in [2.05, 4.69) is 0 Å². The van der Waals surface area contributed by atoms with Crippen molar-refractivity contribution >= 4 is 23.2 Å². The maximum absolute atomic E-state index is 9.58. The molecule has 0 aliphatic heterocycles. The first-order valence-electron chi connectivity index (χ1n) is 6.44. The fourth-order valence-electron chi connectivity index (χ4n) is 1.86. The average Bonchev–Trinajstić information content (AvgIpc) is 2.46. The Balaban J connectivity index is 2.16. The van der Waals surface area contributed by atoms with E-state index in [-0.39, 0.29) is 0 Å². The van der Waals surface area contributed by atoms with Crippen LogP contribution in [0.2, 0.25) is 10.0 Å². The number of halogens is 2. The molecule has 0 heterocycles. The lowest BCUT2D eigenvalue weighted by Gasteiger charge is -2.14. The Morgan fingerprint density at radius 1 is 1.10 bits per heavy atom. The summed E-state index contributed by atoms with van der Waals surface area (Å²) in [7, 11) is 1.56. The summed E-state index contributed by atoms with van der Waals surface area (Å²) in [6.45, 7) is 2.00. The zero-order valence-electron chi connectivity index (χ0n) is 11.8. The van der Waals surface area contributed by atoms with E-state index in [9.17, 15) is 5.11 Å². The Bertz CT molecular complexity index is 627. The van der Waals surface area contributed by atoms with Crippen LogP contribution in [0.25, 0.3) is 0 Å². The first kappa shape index (κ1) is 16.0.